The molecule has 1 aromatic carbocycles. The highest BCUT2D eigenvalue weighted by Gasteiger charge is 2.19. The lowest BCUT2D eigenvalue weighted by Gasteiger charge is -2.31. The summed E-state index contributed by atoms with van der Waals surface area (Å²) >= 11 is 0. The lowest BCUT2D eigenvalue weighted by Crippen LogP contribution is -2.43. The van der Waals surface area contributed by atoms with Crippen LogP contribution in [0.5, 0.6) is 0 Å². The van der Waals surface area contributed by atoms with Gasteiger partial charge in [-0.25, -0.2) is 4.39 Å². The summed E-state index contributed by atoms with van der Waals surface area (Å²) in [6.45, 7) is 2.32. The molecule has 18 heavy (non-hydrogen) atoms. The molecule has 0 bridgehead atoms. The molecule has 0 unspecified atom stereocenters. The maximum Gasteiger partial charge on any atom is 0.176 e. The van der Waals surface area contributed by atoms with Crippen LogP contribution in [0.1, 0.15) is 23.2 Å². The summed E-state index contributed by atoms with van der Waals surface area (Å²) in [5.41, 5.74) is 0.590. The number of ketones is 1. The van der Waals surface area contributed by atoms with Crippen LogP contribution in [0.25, 0.3) is 0 Å². The molecule has 0 radical (unpaired) electrons. The Morgan fingerprint density at radius 3 is 2.50 bits per heavy atom. The number of hydrogen-bond donors (Lipinski definition) is 1. The first-order valence-corrected chi connectivity index (χ1v) is 6.37. The molecule has 1 fully saturated rings. The fourth-order valence-corrected chi connectivity index (χ4v) is 2.31. The van der Waals surface area contributed by atoms with E-state index in [2.05, 4.69) is 10.2 Å². The Kier molecular flexibility index (Phi) is 4.44. The van der Waals surface area contributed by atoms with Gasteiger partial charge >= 0.3 is 0 Å². The van der Waals surface area contributed by atoms with E-state index in [4.69, 9.17) is 0 Å². The quantitative estimate of drug-likeness (QED) is 0.825. The second-order valence-corrected chi connectivity index (χ2v) is 4.77. The Hall–Kier alpha value is -1.26. The van der Waals surface area contributed by atoms with Crippen molar-refractivity contribution < 1.29 is 9.18 Å². The Labute approximate surface area is 107 Å². The van der Waals surface area contributed by atoms with Crippen LogP contribution in [-0.2, 0) is 0 Å². The lowest BCUT2D eigenvalue weighted by molar-refractivity contribution is 0.0905. The molecule has 1 heterocycles. The van der Waals surface area contributed by atoms with Crippen molar-refractivity contribution in [1.29, 1.82) is 0 Å². The first-order chi connectivity index (χ1) is 8.69. The van der Waals surface area contributed by atoms with Crippen molar-refractivity contribution in [3.63, 3.8) is 0 Å². The molecule has 0 spiro atoms. The minimum atomic E-state index is -0.304. The maximum absolute atomic E-state index is 12.8. The summed E-state index contributed by atoms with van der Waals surface area (Å²) in [5, 5.41) is 3.26. The van der Waals surface area contributed by atoms with Crippen LogP contribution in [0.4, 0.5) is 4.39 Å². The van der Waals surface area contributed by atoms with Crippen molar-refractivity contribution in [2.45, 2.75) is 18.9 Å². The molecular weight excluding hydrogens is 231 g/mol. The number of benzene rings is 1. The number of nitrogens with zero attached hydrogens (tertiary/aromatic N) is 1. The Balaban J connectivity index is 1.86. The van der Waals surface area contributed by atoms with Gasteiger partial charge in [-0.15, -0.1) is 0 Å². The molecule has 1 N–H and O–H groups in total. The van der Waals surface area contributed by atoms with E-state index in [1.807, 2.05) is 7.05 Å². The van der Waals surface area contributed by atoms with Crippen LogP contribution >= 0.6 is 0 Å². The van der Waals surface area contributed by atoms with Gasteiger partial charge in [0.15, 0.2) is 5.78 Å². The molecule has 2 rings (SSSR count). The Morgan fingerprint density at radius 1 is 1.33 bits per heavy atom. The van der Waals surface area contributed by atoms with Gasteiger partial charge < -0.3 is 5.32 Å². The predicted octanol–water partition coefficient (Wildman–Crippen LogP) is 1.69. The van der Waals surface area contributed by atoms with E-state index in [1.54, 1.807) is 12.1 Å². The molecule has 0 aromatic heterocycles. The fraction of sp³-hybridized carbons (Fsp3) is 0.500. The van der Waals surface area contributed by atoms with Gasteiger partial charge in [-0.1, -0.05) is 0 Å². The van der Waals surface area contributed by atoms with E-state index in [9.17, 15) is 9.18 Å². The van der Waals surface area contributed by atoms with Crippen LogP contribution in [-0.4, -0.2) is 43.4 Å². The average Bonchev–Trinajstić information content (AvgIpc) is 2.40. The van der Waals surface area contributed by atoms with Gasteiger partial charge in [0, 0.05) is 24.7 Å². The van der Waals surface area contributed by atoms with E-state index >= 15 is 0 Å². The topological polar surface area (TPSA) is 32.3 Å². The zero-order chi connectivity index (χ0) is 13.0. The molecule has 4 heteroatoms. The molecule has 0 saturated carbocycles. The van der Waals surface area contributed by atoms with E-state index in [1.165, 1.54) is 12.1 Å². The molecule has 98 valence electrons. The summed E-state index contributed by atoms with van der Waals surface area (Å²) in [4.78, 5) is 14.2. The Morgan fingerprint density at radius 2 is 1.94 bits per heavy atom. The van der Waals surface area contributed by atoms with E-state index in [0.717, 1.165) is 25.9 Å². The molecule has 1 saturated heterocycles. The molecule has 1 aromatic rings. The van der Waals surface area contributed by atoms with Crippen LogP contribution < -0.4 is 5.32 Å². The summed E-state index contributed by atoms with van der Waals surface area (Å²) in [6, 6.07) is 6.35. The third-order valence-corrected chi connectivity index (χ3v) is 3.53. The first kappa shape index (κ1) is 13.2. The fourth-order valence-electron chi connectivity index (χ4n) is 2.31. The summed E-state index contributed by atoms with van der Waals surface area (Å²) in [5.74, 6) is -0.237. The highest BCUT2D eigenvalue weighted by molar-refractivity contribution is 5.97. The van der Waals surface area contributed by atoms with Crippen molar-refractivity contribution in [2.75, 3.05) is 26.7 Å². The third kappa shape index (κ3) is 3.37. The van der Waals surface area contributed by atoms with E-state index < -0.39 is 0 Å². The molecule has 0 amide bonds. The summed E-state index contributed by atoms with van der Waals surface area (Å²) in [7, 11) is 1.98. The number of Topliss-reactive ketones (excluding diaryl/α,β-unsaturated/α-hetero) is 1. The smallest absolute Gasteiger partial charge is 0.176 e. The van der Waals surface area contributed by atoms with Gasteiger partial charge in [-0.05, 0) is 44.2 Å². The number of piperidine rings is 1. The van der Waals surface area contributed by atoms with E-state index in [-0.39, 0.29) is 11.6 Å². The van der Waals surface area contributed by atoms with Gasteiger partial charge in [0.2, 0.25) is 0 Å². The van der Waals surface area contributed by atoms with Crippen molar-refractivity contribution in [3.05, 3.63) is 35.6 Å². The van der Waals surface area contributed by atoms with Crippen molar-refractivity contribution in [3.8, 4) is 0 Å². The summed E-state index contributed by atoms with van der Waals surface area (Å²) < 4.78 is 12.8. The number of carbonyl (C=O) groups excluding carboxylic acids is 1. The van der Waals surface area contributed by atoms with Crippen LogP contribution in [0.3, 0.4) is 0 Å². The average molecular weight is 250 g/mol. The van der Waals surface area contributed by atoms with Gasteiger partial charge in [-0.2, -0.15) is 0 Å². The highest BCUT2D eigenvalue weighted by atomic mass is 19.1. The number of hydrogen-bond acceptors (Lipinski definition) is 3. The standard InChI is InChI=1S/C14H19FN2O/c1-16-13-6-8-17(9-7-13)10-14(18)11-2-4-12(15)5-3-11/h2-5,13,16H,6-10H2,1H3. The predicted molar refractivity (Wildman–Crippen MR) is 69.3 cm³/mol. The molecule has 3 nitrogen and oxygen atoms in total. The van der Waals surface area contributed by atoms with Crippen molar-refractivity contribution in [2.24, 2.45) is 0 Å². The Bertz CT molecular complexity index is 397. The molecule has 0 aliphatic carbocycles. The monoisotopic (exact) mass is 250 g/mol. The highest BCUT2D eigenvalue weighted by Crippen LogP contribution is 2.11. The number of rotatable bonds is 4. The second kappa shape index (κ2) is 6.07. The SMILES string of the molecule is CNC1CCN(CC(=O)c2ccc(F)cc2)CC1. The normalized spacial score (nSPS) is 17.9. The van der Waals surface area contributed by atoms with Crippen molar-refractivity contribution in [1.82, 2.24) is 10.2 Å². The van der Waals surface area contributed by atoms with E-state index in [0.29, 0.717) is 18.2 Å². The minimum Gasteiger partial charge on any atom is -0.317 e. The molecular formula is C14H19FN2O. The number of halogens is 1. The molecule has 1 aliphatic rings. The summed E-state index contributed by atoms with van der Waals surface area (Å²) in [6.07, 6.45) is 2.15. The van der Waals surface area contributed by atoms with Gasteiger partial charge in [0.05, 0.1) is 6.54 Å². The van der Waals surface area contributed by atoms with Crippen molar-refractivity contribution >= 4 is 5.78 Å². The van der Waals surface area contributed by atoms with Gasteiger partial charge in [0.1, 0.15) is 5.82 Å². The van der Waals surface area contributed by atoms with Crippen LogP contribution in [0.15, 0.2) is 24.3 Å². The lowest BCUT2D eigenvalue weighted by atomic mass is 10.0. The zero-order valence-corrected chi connectivity index (χ0v) is 10.7. The van der Waals surface area contributed by atoms with Gasteiger partial charge in [-0.3, -0.25) is 9.69 Å². The third-order valence-electron chi connectivity index (χ3n) is 3.53. The second-order valence-electron chi connectivity index (χ2n) is 4.77. The number of carbonyl (C=O) groups is 1. The number of nitrogens with one attached hydrogen (secondary N) is 1. The van der Waals surface area contributed by atoms with Crippen LogP contribution in [0.2, 0.25) is 0 Å². The van der Waals surface area contributed by atoms with Gasteiger partial charge in [0.25, 0.3) is 0 Å². The first-order valence-electron chi connectivity index (χ1n) is 6.37. The molecule has 1 aliphatic heterocycles. The minimum absolute atomic E-state index is 0.0675. The molecule has 0 atom stereocenters. The van der Waals surface area contributed by atoms with Crippen LogP contribution in [0, 0.1) is 5.82 Å². The number of likely N-dealkylation sites (tertiary alicyclic amines) is 1. The maximum atomic E-state index is 12.8. The largest absolute Gasteiger partial charge is 0.317 e. The zero-order valence-electron chi connectivity index (χ0n) is 10.7.